The van der Waals surface area contributed by atoms with Crippen molar-refractivity contribution in [2.24, 2.45) is 0 Å². The molecule has 0 spiro atoms. The van der Waals surface area contributed by atoms with E-state index in [1.807, 2.05) is 43.3 Å². The Hall–Kier alpha value is -2.81. The first kappa shape index (κ1) is 18.5. The highest BCUT2D eigenvalue weighted by molar-refractivity contribution is 6.34. The largest absolute Gasteiger partial charge is 0.308 e. The predicted molar refractivity (Wildman–Crippen MR) is 121 cm³/mol. The summed E-state index contributed by atoms with van der Waals surface area (Å²) in [7, 11) is 0. The lowest BCUT2D eigenvalue weighted by Gasteiger charge is -2.10. The maximum absolute atomic E-state index is 6.54. The van der Waals surface area contributed by atoms with Crippen molar-refractivity contribution >= 4 is 46.3 Å². The van der Waals surface area contributed by atoms with Crippen LogP contribution >= 0.6 is 23.2 Å². The van der Waals surface area contributed by atoms with Crippen LogP contribution in [0.5, 0.6) is 0 Å². The molecule has 0 radical (unpaired) electrons. The monoisotopic (exact) mass is 404 g/mol. The number of aromatic nitrogens is 2. The van der Waals surface area contributed by atoms with E-state index in [-0.39, 0.29) is 0 Å². The first-order chi connectivity index (χ1) is 13.6. The fourth-order valence-corrected chi connectivity index (χ4v) is 3.89. The number of nitrogens with zero attached hydrogens (tertiary/aromatic N) is 2. The molecule has 0 N–H and O–H groups in total. The molecule has 138 valence electrons. The molecule has 0 saturated heterocycles. The van der Waals surface area contributed by atoms with Gasteiger partial charge < -0.3 is 4.57 Å². The van der Waals surface area contributed by atoms with Crippen molar-refractivity contribution in [1.29, 1.82) is 0 Å². The SMILES string of the molecule is C=C/C=c1\c(=C/C)c2cc(-c3ccccn3)ccc2n1-c1cc(Cl)ccc1Cl. The lowest BCUT2D eigenvalue weighted by Crippen LogP contribution is -2.28. The molecule has 0 unspecified atom stereocenters. The highest BCUT2D eigenvalue weighted by atomic mass is 35.5. The van der Waals surface area contributed by atoms with E-state index in [1.54, 1.807) is 18.3 Å². The summed E-state index contributed by atoms with van der Waals surface area (Å²) >= 11 is 12.8. The highest BCUT2D eigenvalue weighted by Crippen LogP contribution is 2.27. The summed E-state index contributed by atoms with van der Waals surface area (Å²) in [4.78, 5) is 4.48. The zero-order chi connectivity index (χ0) is 19.7. The number of fused-ring (bicyclic) bond motifs is 1. The molecule has 0 fully saturated rings. The minimum absolute atomic E-state index is 0.636. The number of hydrogen-bond donors (Lipinski definition) is 0. The lowest BCUT2D eigenvalue weighted by atomic mass is 10.1. The number of benzene rings is 2. The normalized spacial score (nSPS) is 12.7. The molecule has 4 rings (SSSR count). The average Bonchev–Trinajstić information content (AvgIpc) is 3.03. The molecule has 0 atom stereocenters. The summed E-state index contributed by atoms with van der Waals surface area (Å²) in [6, 6.07) is 17.8. The Balaban J connectivity index is 2.14. The molecular weight excluding hydrogens is 387 g/mol. The van der Waals surface area contributed by atoms with E-state index in [4.69, 9.17) is 23.2 Å². The molecule has 2 aromatic carbocycles. The smallest absolute Gasteiger partial charge is 0.0702 e. The van der Waals surface area contributed by atoms with Crippen LogP contribution in [0.15, 0.2) is 73.4 Å². The number of rotatable bonds is 3. The van der Waals surface area contributed by atoms with Crippen molar-refractivity contribution in [2.75, 3.05) is 0 Å². The lowest BCUT2D eigenvalue weighted by molar-refractivity contribution is 1.07. The van der Waals surface area contributed by atoms with Crippen molar-refractivity contribution in [3.63, 3.8) is 0 Å². The van der Waals surface area contributed by atoms with Crippen LogP contribution in [-0.4, -0.2) is 9.55 Å². The van der Waals surface area contributed by atoms with Gasteiger partial charge in [0.2, 0.25) is 0 Å². The van der Waals surface area contributed by atoms with Crippen molar-refractivity contribution < 1.29 is 0 Å². The molecule has 2 nitrogen and oxygen atoms in total. The van der Waals surface area contributed by atoms with Crippen LogP contribution in [0.2, 0.25) is 10.0 Å². The van der Waals surface area contributed by atoms with E-state index < -0.39 is 0 Å². The quantitative estimate of drug-likeness (QED) is 0.423. The first-order valence-corrected chi connectivity index (χ1v) is 9.70. The zero-order valence-corrected chi connectivity index (χ0v) is 16.9. The van der Waals surface area contributed by atoms with E-state index >= 15 is 0 Å². The Bertz CT molecular complexity index is 1300. The molecule has 28 heavy (non-hydrogen) atoms. The van der Waals surface area contributed by atoms with Gasteiger partial charge in [0.1, 0.15) is 0 Å². The fourth-order valence-electron chi connectivity index (χ4n) is 3.52. The van der Waals surface area contributed by atoms with Crippen LogP contribution in [-0.2, 0) is 0 Å². The third-order valence-corrected chi connectivity index (χ3v) is 5.27. The number of pyridine rings is 1. The molecule has 0 aliphatic rings. The van der Waals surface area contributed by atoms with Crippen molar-refractivity contribution in [1.82, 2.24) is 9.55 Å². The Kier molecular flexibility index (Phi) is 5.08. The third kappa shape index (κ3) is 3.15. The molecular formula is C24H18Cl2N2. The van der Waals surface area contributed by atoms with E-state index in [0.29, 0.717) is 10.0 Å². The van der Waals surface area contributed by atoms with E-state index in [1.165, 1.54) is 0 Å². The second-order valence-corrected chi connectivity index (χ2v) is 7.21. The number of halogens is 2. The minimum Gasteiger partial charge on any atom is -0.308 e. The second kappa shape index (κ2) is 7.67. The molecule has 2 heterocycles. The molecule has 0 amide bonds. The van der Waals surface area contributed by atoms with Crippen molar-refractivity contribution in [3.05, 3.63) is 94.1 Å². The van der Waals surface area contributed by atoms with Gasteiger partial charge >= 0.3 is 0 Å². The summed E-state index contributed by atoms with van der Waals surface area (Å²) in [5.41, 5.74) is 3.89. The summed E-state index contributed by atoms with van der Waals surface area (Å²) < 4.78 is 2.13. The van der Waals surface area contributed by atoms with Crippen molar-refractivity contribution in [2.45, 2.75) is 6.92 Å². The fraction of sp³-hybridized carbons (Fsp3) is 0.0417. The van der Waals surface area contributed by atoms with E-state index in [9.17, 15) is 0 Å². The van der Waals surface area contributed by atoms with Crippen LogP contribution in [0.3, 0.4) is 0 Å². The minimum atomic E-state index is 0.636. The predicted octanol–water partition coefficient (Wildman–Crippen LogP) is 5.77. The summed E-state index contributed by atoms with van der Waals surface area (Å²) in [6.07, 6.45) is 7.69. The maximum atomic E-state index is 6.54. The number of allylic oxidation sites excluding steroid dienone is 1. The number of hydrogen-bond acceptors (Lipinski definition) is 1. The van der Waals surface area contributed by atoms with E-state index in [0.717, 1.165) is 38.4 Å². The molecule has 0 aliphatic heterocycles. The molecule has 2 aromatic heterocycles. The molecule has 0 saturated carbocycles. The van der Waals surface area contributed by atoms with Gasteiger partial charge in [-0.15, -0.1) is 0 Å². The molecule has 0 bridgehead atoms. The average molecular weight is 405 g/mol. The van der Waals surface area contributed by atoms with Gasteiger partial charge in [-0.2, -0.15) is 0 Å². The van der Waals surface area contributed by atoms with Gasteiger partial charge in [0, 0.05) is 27.4 Å². The Morgan fingerprint density at radius 2 is 1.89 bits per heavy atom. The zero-order valence-electron chi connectivity index (χ0n) is 15.4. The van der Waals surface area contributed by atoms with E-state index in [2.05, 4.69) is 40.4 Å². The first-order valence-electron chi connectivity index (χ1n) is 8.94. The van der Waals surface area contributed by atoms with Crippen LogP contribution in [0.4, 0.5) is 0 Å². The highest BCUT2D eigenvalue weighted by Gasteiger charge is 2.13. The third-order valence-electron chi connectivity index (χ3n) is 4.72. The van der Waals surface area contributed by atoms with Crippen LogP contribution in [0.25, 0.3) is 40.0 Å². The van der Waals surface area contributed by atoms with Gasteiger partial charge in [0.25, 0.3) is 0 Å². The Morgan fingerprint density at radius 1 is 1.04 bits per heavy atom. The standard InChI is InChI=1S/C24H18Cl2N2/c1-3-7-22-18(4-2)19-14-16(21-8-5-6-13-27-21)9-12-23(19)28(22)24-15-17(25)10-11-20(24)26/h3-15H,1H2,2H3/b18-4-,22-7+. The molecule has 4 heteroatoms. The molecule has 0 aliphatic carbocycles. The van der Waals surface area contributed by atoms with Crippen LogP contribution in [0.1, 0.15) is 6.92 Å². The maximum Gasteiger partial charge on any atom is 0.0702 e. The van der Waals surface area contributed by atoms with Gasteiger partial charge in [-0.25, -0.2) is 0 Å². The molecule has 4 aromatic rings. The topological polar surface area (TPSA) is 17.8 Å². The van der Waals surface area contributed by atoms with Crippen molar-refractivity contribution in [3.8, 4) is 16.9 Å². The van der Waals surface area contributed by atoms with Gasteiger partial charge in [-0.1, -0.05) is 54.1 Å². The summed E-state index contributed by atoms with van der Waals surface area (Å²) in [5, 5.41) is 4.52. The van der Waals surface area contributed by atoms with Gasteiger partial charge in [-0.05, 0) is 55.5 Å². The van der Waals surface area contributed by atoms with Gasteiger partial charge in [0.15, 0.2) is 0 Å². The summed E-state index contributed by atoms with van der Waals surface area (Å²) in [6.45, 7) is 5.92. The Labute approximate surface area is 173 Å². The summed E-state index contributed by atoms with van der Waals surface area (Å²) in [5.74, 6) is 0. The van der Waals surface area contributed by atoms with Crippen LogP contribution < -0.4 is 10.6 Å². The van der Waals surface area contributed by atoms with Gasteiger partial charge in [0.05, 0.1) is 27.3 Å². The van der Waals surface area contributed by atoms with Gasteiger partial charge in [-0.3, -0.25) is 4.98 Å². The Morgan fingerprint density at radius 3 is 2.61 bits per heavy atom. The second-order valence-electron chi connectivity index (χ2n) is 6.37. The van der Waals surface area contributed by atoms with Crippen LogP contribution in [0, 0.1) is 0 Å².